The van der Waals surface area contributed by atoms with Gasteiger partial charge in [0.2, 0.25) is 23.8 Å². The largest absolute Gasteiger partial charge is 0.478 e. The number of anilines is 5. The van der Waals surface area contributed by atoms with Crippen molar-refractivity contribution >= 4 is 69.2 Å². The van der Waals surface area contributed by atoms with E-state index in [1.165, 1.54) is 18.1 Å². The number of rotatable bonds is 13. The number of ether oxygens (including phenoxy) is 2. The van der Waals surface area contributed by atoms with Crippen molar-refractivity contribution in [2.24, 2.45) is 14.1 Å². The molecule has 338 valence electrons. The molecule has 1 saturated carbocycles. The number of hydrogen-bond acceptors (Lipinski definition) is 16. The molecule has 7 aromatic rings. The predicted octanol–water partition coefficient (Wildman–Crippen LogP) is 3.09. The molecule has 0 spiro atoms. The molecule has 2 atom stereocenters. The zero-order valence-corrected chi connectivity index (χ0v) is 35.4. The SMILES string of the molecule is C=C(COC(=O)N1CCN(c2nc(NCc3nc4c(F)c(F)ccc4[nH]3)n3ncc(C4CC4)c3n2)CC1)C(=O)N[C@@H]1CN(c2nc(Nc3cn(C)nc3OC)c3ncn(C)c3n2)C[C@H]1F. The highest BCUT2D eigenvalue weighted by atomic mass is 19.2. The van der Waals surface area contributed by atoms with Gasteiger partial charge in [0.25, 0.3) is 5.88 Å². The molecular formula is C40H43F3N18O4. The van der Waals surface area contributed by atoms with Crippen molar-refractivity contribution in [2.45, 2.75) is 37.5 Å². The lowest BCUT2D eigenvalue weighted by molar-refractivity contribution is -0.118. The van der Waals surface area contributed by atoms with Gasteiger partial charge in [-0.25, -0.2) is 27.9 Å². The minimum Gasteiger partial charge on any atom is -0.478 e. The van der Waals surface area contributed by atoms with E-state index in [2.05, 4.69) is 57.6 Å². The fourth-order valence-electron chi connectivity index (χ4n) is 7.92. The van der Waals surface area contributed by atoms with Crippen LogP contribution in [0.2, 0.25) is 0 Å². The van der Waals surface area contributed by atoms with Crippen molar-refractivity contribution in [1.29, 1.82) is 0 Å². The van der Waals surface area contributed by atoms with Crippen molar-refractivity contribution in [3.8, 4) is 5.88 Å². The van der Waals surface area contributed by atoms with Crippen molar-refractivity contribution in [3.05, 3.63) is 66.0 Å². The molecule has 6 aromatic heterocycles. The van der Waals surface area contributed by atoms with Crippen LogP contribution >= 0.6 is 0 Å². The summed E-state index contributed by atoms with van der Waals surface area (Å²) in [6, 6.07) is 1.54. The Morgan fingerprint density at radius 2 is 1.75 bits per heavy atom. The third kappa shape index (κ3) is 7.96. The maximum absolute atomic E-state index is 15.5. The number of nitrogens with zero attached hydrogens (tertiary/aromatic N) is 14. The summed E-state index contributed by atoms with van der Waals surface area (Å²) in [6.45, 7) is 4.75. The van der Waals surface area contributed by atoms with Crippen LogP contribution in [0.4, 0.5) is 47.3 Å². The van der Waals surface area contributed by atoms with E-state index in [0.29, 0.717) is 76.4 Å². The van der Waals surface area contributed by atoms with E-state index >= 15 is 4.39 Å². The Bertz CT molecular complexity index is 2990. The Morgan fingerprint density at radius 3 is 2.54 bits per heavy atom. The number of amides is 2. The van der Waals surface area contributed by atoms with Crippen LogP contribution in [0.15, 0.2) is 43.0 Å². The lowest BCUT2D eigenvalue weighted by atomic mass is 10.2. The molecular weight excluding hydrogens is 854 g/mol. The van der Waals surface area contributed by atoms with Gasteiger partial charge in [-0.2, -0.15) is 29.5 Å². The highest BCUT2D eigenvalue weighted by Gasteiger charge is 2.37. The maximum Gasteiger partial charge on any atom is 0.410 e. The number of methoxy groups -OCH3 is 1. The number of H-pyrrole nitrogens is 1. The molecule has 8 heterocycles. The molecule has 2 aliphatic heterocycles. The summed E-state index contributed by atoms with van der Waals surface area (Å²) >= 11 is 0. The molecule has 3 fully saturated rings. The van der Waals surface area contributed by atoms with Gasteiger partial charge >= 0.3 is 6.09 Å². The molecule has 2 amide bonds. The second-order valence-corrected chi connectivity index (χ2v) is 16.1. The highest BCUT2D eigenvalue weighted by Crippen LogP contribution is 2.42. The van der Waals surface area contributed by atoms with Crippen molar-refractivity contribution < 1.29 is 32.2 Å². The van der Waals surface area contributed by atoms with E-state index < -0.39 is 42.5 Å². The summed E-state index contributed by atoms with van der Waals surface area (Å²) in [4.78, 5) is 62.1. The summed E-state index contributed by atoms with van der Waals surface area (Å²) in [6.07, 6.45) is 5.05. The number of carbonyl (C=O) groups is 2. The van der Waals surface area contributed by atoms with Gasteiger partial charge in [-0.15, -0.1) is 5.10 Å². The van der Waals surface area contributed by atoms with Gasteiger partial charge in [-0.05, 0) is 30.9 Å². The van der Waals surface area contributed by atoms with Gasteiger partial charge < -0.3 is 49.7 Å². The summed E-state index contributed by atoms with van der Waals surface area (Å²) < 4.78 is 59.5. The van der Waals surface area contributed by atoms with E-state index in [4.69, 9.17) is 19.4 Å². The normalized spacial score (nSPS) is 17.7. The zero-order chi connectivity index (χ0) is 45.1. The molecule has 0 radical (unpaired) electrons. The number of alkyl halides is 1. The Hall–Kier alpha value is -7.73. The number of nitrogens with one attached hydrogen (secondary N) is 4. The lowest BCUT2D eigenvalue weighted by Gasteiger charge is -2.34. The molecule has 4 N–H and O–H groups in total. The fraction of sp³-hybridized carbons (Fsp3) is 0.400. The van der Waals surface area contributed by atoms with E-state index in [0.717, 1.165) is 24.5 Å². The van der Waals surface area contributed by atoms with Gasteiger partial charge in [0.1, 0.15) is 29.8 Å². The number of piperazine rings is 1. The van der Waals surface area contributed by atoms with Gasteiger partial charge in [0.15, 0.2) is 34.3 Å². The Balaban J connectivity index is 0.740. The molecule has 10 rings (SSSR count). The van der Waals surface area contributed by atoms with Gasteiger partial charge in [-0.1, -0.05) is 6.58 Å². The van der Waals surface area contributed by atoms with Crippen LogP contribution in [0.5, 0.6) is 5.88 Å². The van der Waals surface area contributed by atoms with Crippen LogP contribution in [0, 0.1) is 11.6 Å². The number of imidazole rings is 2. The maximum atomic E-state index is 15.5. The van der Waals surface area contributed by atoms with Crippen molar-refractivity contribution in [1.82, 2.24) is 69.1 Å². The Morgan fingerprint density at radius 1 is 0.969 bits per heavy atom. The smallest absolute Gasteiger partial charge is 0.410 e. The zero-order valence-electron chi connectivity index (χ0n) is 35.4. The van der Waals surface area contributed by atoms with Gasteiger partial charge in [-0.3, -0.25) is 9.48 Å². The number of halogens is 3. The third-order valence-corrected chi connectivity index (χ3v) is 11.6. The van der Waals surface area contributed by atoms with Crippen molar-refractivity contribution in [3.63, 3.8) is 0 Å². The van der Waals surface area contributed by atoms with Crippen LogP contribution in [-0.2, 0) is 30.2 Å². The Kier molecular flexibility index (Phi) is 10.4. The van der Waals surface area contributed by atoms with Crippen LogP contribution in [-0.4, -0.2) is 141 Å². The summed E-state index contributed by atoms with van der Waals surface area (Å²) in [5.41, 5.74) is 3.39. The number of benzene rings is 1. The molecule has 3 aliphatic rings. The molecule has 22 nitrogen and oxygen atoms in total. The number of aromatic amines is 1. The highest BCUT2D eigenvalue weighted by molar-refractivity contribution is 5.93. The second-order valence-electron chi connectivity index (χ2n) is 16.1. The molecule has 2 saturated heterocycles. The first kappa shape index (κ1) is 41.3. The first-order valence-corrected chi connectivity index (χ1v) is 20.8. The summed E-state index contributed by atoms with van der Waals surface area (Å²) in [5.74, 6) is -0.231. The first-order valence-electron chi connectivity index (χ1n) is 20.8. The van der Waals surface area contributed by atoms with Gasteiger partial charge in [0, 0.05) is 58.0 Å². The van der Waals surface area contributed by atoms with Crippen LogP contribution in [0.1, 0.15) is 30.1 Å². The number of hydrogen-bond donors (Lipinski definition) is 4. The van der Waals surface area contributed by atoms with E-state index in [1.807, 2.05) is 4.90 Å². The minimum atomic E-state index is -1.47. The molecule has 1 aromatic carbocycles. The topological polar surface area (TPSA) is 232 Å². The number of fused-ring (bicyclic) bond motifs is 3. The number of carbonyl (C=O) groups excluding carboxylic acids is 2. The predicted molar refractivity (Wildman–Crippen MR) is 229 cm³/mol. The van der Waals surface area contributed by atoms with E-state index in [9.17, 15) is 18.4 Å². The molecule has 0 bridgehead atoms. The second kappa shape index (κ2) is 16.4. The number of aryl methyl sites for hydroxylation is 2. The lowest BCUT2D eigenvalue weighted by Crippen LogP contribution is -2.49. The van der Waals surface area contributed by atoms with E-state index in [-0.39, 0.29) is 49.8 Å². The minimum absolute atomic E-state index is 0.0546. The van der Waals surface area contributed by atoms with Crippen molar-refractivity contribution in [2.75, 3.05) is 73.4 Å². The fourth-order valence-corrected chi connectivity index (χ4v) is 7.92. The molecule has 0 unspecified atom stereocenters. The van der Waals surface area contributed by atoms with Crippen LogP contribution in [0.25, 0.3) is 27.8 Å². The average molecular weight is 897 g/mol. The average Bonchev–Trinajstić information content (AvgIpc) is 3.63. The quantitative estimate of drug-likeness (QED) is 0.122. The summed E-state index contributed by atoms with van der Waals surface area (Å²) in [7, 11) is 5.04. The number of aromatic nitrogens is 12. The molecule has 25 heteroatoms. The summed E-state index contributed by atoms with van der Waals surface area (Å²) in [5, 5.41) is 17.9. The standard InChI is InChI=1S/C40H43F3N18O4/c1-20(35(62)49-26-17-60(15-24(26)42)38-51-32(31-34(53-38)56(2)19-45-31)48-27-16-57(3)55-36(27)64-4)18-65-40(63)59-11-9-58(10-12-59)39-52-33-22(21-5-6-21)13-46-61(33)37(54-39)44-14-28-47-25-8-7-23(41)29(43)30(25)50-28/h7-8,13,16,19,21,24,26H,1,5-6,9-12,14-15,17-18H2,2-4H3,(H,47,50)(H,49,62)(H,44,52,54)(H,48,51,53)/t24-,26-/m1/s1. The Labute approximate surface area is 366 Å². The molecule has 1 aliphatic carbocycles. The molecule has 65 heavy (non-hydrogen) atoms. The van der Waals surface area contributed by atoms with Gasteiger partial charge in [0.05, 0.1) is 50.5 Å². The van der Waals surface area contributed by atoms with Crippen LogP contribution in [0.3, 0.4) is 0 Å². The van der Waals surface area contributed by atoms with Crippen LogP contribution < -0.4 is 30.5 Å². The third-order valence-electron chi connectivity index (χ3n) is 11.6. The van der Waals surface area contributed by atoms with E-state index in [1.54, 1.807) is 51.5 Å². The monoisotopic (exact) mass is 896 g/mol. The first-order chi connectivity index (χ1) is 31.4.